The Kier molecular flexibility index (Phi) is 3.41. The molecule has 0 saturated heterocycles. The van der Waals surface area contributed by atoms with E-state index in [0.29, 0.717) is 0 Å². The fourth-order valence-corrected chi connectivity index (χ4v) is 5.68. The second kappa shape index (κ2) is 5.31. The number of nitrogens with one attached hydrogen (secondary N) is 1. The third kappa shape index (κ3) is 2.52. The molecule has 0 radical (unpaired) electrons. The molecule has 1 atom stereocenters. The van der Waals surface area contributed by atoms with E-state index < -0.39 is 9.84 Å². The first kappa shape index (κ1) is 14.1. The van der Waals surface area contributed by atoms with Crippen LogP contribution in [0.25, 0.3) is 10.2 Å². The lowest BCUT2D eigenvalue weighted by Crippen LogP contribution is -2.21. The monoisotopic (exact) mass is 335 g/mol. The van der Waals surface area contributed by atoms with Crippen molar-refractivity contribution in [3.63, 3.8) is 0 Å². The van der Waals surface area contributed by atoms with Gasteiger partial charge in [0.25, 0.3) is 0 Å². The van der Waals surface area contributed by atoms with Gasteiger partial charge in [-0.3, -0.25) is 0 Å². The summed E-state index contributed by atoms with van der Waals surface area (Å²) in [7, 11) is -3.06. The standard InChI is InChI=1S/C15H17N3O2S2/c19-22(20)7-6-10(8-22)18-14-13-11-4-2-1-3-5-12(11)21-15(13)17-9-16-14/h6-7,9-10H,1-5,8H2,(H,16,17,18). The van der Waals surface area contributed by atoms with Crippen molar-refractivity contribution in [1.29, 1.82) is 0 Å². The summed E-state index contributed by atoms with van der Waals surface area (Å²) in [5.74, 6) is 0.876. The average molecular weight is 335 g/mol. The molecule has 116 valence electrons. The van der Waals surface area contributed by atoms with Crippen LogP contribution in [0.3, 0.4) is 0 Å². The predicted octanol–water partition coefficient (Wildman–Crippen LogP) is 2.68. The number of hydrogen-bond acceptors (Lipinski definition) is 6. The predicted molar refractivity (Wildman–Crippen MR) is 89.0 cm³/mol. The Bertz CT molecular complexity index is 855. The molecule has 2 aromatic rings. The third-order valence-electron chi connectivity index (χ3n) is 4.25. The molecule has 0 amide bonds. The molecule has 0 spiro atoms. The number of rotatable bonds is 2. The van der Waals surface area contributed by atoms with Gasteiger partial charge in [-0.15, -0.1) is 11.3 Å². The van der Waals surface area contributed by atoms with Crippen molar-refractivity contribution in [2.24, 2.45) is 0 Å². The molecule has 4 rings (SSSR count). The van der Waals surface area contributed by atoms with Crippen molar-refractivity contribution in [3.8, 4) is 0 Å². The van der Waals surface area contributed by atoms with Crippen LogP contribution in [0.1, 0.15) is 29.7 Å². The highest BCUT2D eigenvalue weighted by Gasteiger charge is 2.24. The summed E-state index contributed by atoms with van der Waals surface area (Å²) >= 11 is 1.76. The zero-order chi connectivity index (χ0) is 15.2. The lowest BCUT2D eigenvalue weighted by molar-refractivity contribution is 0.605. The first-order valence-electron chi connectivity index (χ1n) is 7.55. The summed E-state index contributed by atoms with van der Waals surface area (Å²) in [4.78, 5) is 11.2. The second-order valence-corrected chi connectivity index (χ2v) is 8.89. The van der Waals surface area contributed by atoms with E-state index in [9.17, 15) is 8.42 Å². The van der Waals surface area contributed by atoms with Gasteiger partial charge in [0.2, 0.25) is 0 Å². The minimum absolute atomic E-state index is 0.102. The molecule has 1 aliphatic carbocycles. The van der Waals surface area contributed by atoms with Gasteiger partial charge in [0.05, 0.1) is 17.2 Å². The fourth-order valence-electron chi connectivity index (χ4n) is 3.22. The molecule has 0 saturated carbocycles. The van der Waals surface area contributed by atoms with E-state index in [1.807, 2.05) is 0 Å². The summed E-state index contributed by atoms with van der Waals surface area (Å²) < 4.78 is 23.1. The van der Waals surface area contributed by atoms with Crippen molar-refractivity contribution in [2.45, 2.75) is 38.1 Å². The van der Waals surface area contributed by atoms with Crippen molar-refractivity contribution in [1.82, 2.24) is 9.97 Å². The molecule has 5 nitrogen and oxygen atoms in total. The quantitative estimate of drug-likeness (QED) is 0.854. The summed E-state index contributed by atoms with van der Waals surface area (Å²) in [6, 6.07) is -0.204. The second-order valence-electron chi connectivity index (χ2n) is 5.88. The van der Waals surface area contributed by atoms with Crippen molar-refractivity contribution in [3.05, 3.63) is 28.3 Å². The molecule has 2 aliphatic rings. The van der Waals surface area contributed by atoms with Gasteiger partial charge in [0, 0.05) is 10.3 Å². The van der Waals surface area contributed by atoms with Crippen molar-refractivity contribution < 1.29 is 8.42 Å². The van der Waals surface area contributed by atoms with Crippen molar-refractivity contribution in [2.75, 3.05) is 11.1 Å². The number of fused-ring (bicyclic) bond motifs is 3. The molecule has 3 heterocycles. The largest absolute Gasteiger partial charge is 0.362 e. The molecule has 0 bridgehead atoms. The van der Waals surface area contributed by atoms with E-state index in [1.165, 1.54) is 35.1 Å². The number of anilines is 1. The average Bonchev–Trinajstić information content (AvgIpc) is 2.91. The Hall–Kier alpha value is -1.47. The van der Waals surface area contributed by atoms with Gasteiger partial charge in [0.15, 0.2) is 9.84 Å². The Morgan fingerprint density at radius 1 is 1.18 bits per heavy atom. The molecule has 7 heteroatoms. The van der Waals surface area contributed by atoms with Gasteiger partial charge >= 0.3 is 0 Å². The SMILES string of the molecule is O=S1(=O)C=CC(Nc2ncnc3sc4c(c23)CCCCC4)C1. The first-order chi connectivity index (χ1) is 10.6. The fraction of sp³-hybridized carbons (Fsp3) is 0.467. The van der Waals surface area contributed by atoms with Gasteiger partial charge in [-0.05, 0) is 37.3 Å². The zero-order valence-electron chi connectivity index (χ0n) is 12.1. The molecular formula is C15H17N3O2S2. The maximum Gasteiger partial charge on any atom is 0.173 e. The van der Waals surface area contributed by atoms with Crippen LogP contribution in [0.5, 0.6) is 0 Å². The van der Waals surface area contributed by atoms with E-state index >= 15 is 0 Å². The van der Waals surface area contributed by atoms with Crippen molar-refractivity contribution >= 4 is 37.2 Å². The molecule has 2 aromatic heterocycles. The van der Waals surface area contributed by atoms with Crippen LogP contribution in [-0.2, 0) is 22.7 Å². The Morgan fingerprint density at radius 2 is 2.05 bits per heavy atom. The van der Waals surface area contributed by atoms with Crippen LogP contribution >= 0.6 is 11.3 Å². The van der Waals surface area contributed by atoms with E-state index in [-0.39, 0.29) is 11.8 Å². The van der Waals surface area contributed by atoms with Crippen LogP contribution < -0.4 is 5.32 Å². The molecule has 0 fully saturated rings. The van der Waals surface area contributed by atoms with Gasteiger partial charge in [-0.1, -0.05) is 6.42 Å². The van der Waals surface area contributed by atoms with Gasteiger partial charge in [-0.25, -0.2) is 18.4 Å². The minimum atomic E-state index is -3.06. The lowest BCUT2D eigenvalue weighted by atomic mass is 10.1. The summed E-state index contributed by atoms with van der Waals surface area (Å²) in [5, 5.41) is 5.67. The van der Waals surface area contributed by atoms with Crippen LogP contribution in [0.15, 0.2) is 17.8 Å². The van der Waals surface area contributed by atoms with E-state index in [2.05, 4.69) is 15.3 Å². The molecular weight excluding hydrogens is 318 g/mol. The normalized spacial score (nSPS) is 23.4. The van der Waals surface area contributed by atoms with Crippen LogP contribution in [0.2, 0.25) is 0 Å². The Labute approximate surface area is 133 Å². The highest BCUT2D eigenvalue weighted by Crippen LogP contribution is 2.37. The van der Waals surface area contributed by atoms with Gasteiger partial charge in [0.1, 0.15) is 17.0 Å². The molecule has 22 heavy (non-hydrogen) atoms. The molecule has 1 N–H and O–H groups in total. The summed E-state index contributed by atoms with van der Waals surface area (Å²) in [5.41, 5.74) is 1.37. The number of hydrogen-bond donors (Lipinski definition) is 1. The highest BCUT2D eigenvalue weighted by atomic mass is 32.2. The maximum absolute atomic E-state index is 11.6. The van der Waals surface area contributed by atoms with Gasteiger partial charge in [-0.2, -0.15) is 0 Å². The van der Waals surface area contributed by atoms with Crippen LogP contribution in [-0.4, -0.2) is 30.2 Å². The Morgan fingerprint density at radius 3 is 2.86 bits per heavy atom. The summed E-state index contributed by atoms with van der Waals surface area (Å²) in [6.07, 6.45) is 9.15. The maximum atomic E-state index is 11.6. The number of sulfone groups is 1. The van der Waals surface area contributed by atoms with E-state index in [0.717, 1.165) is 28.9 Å². The van der Waals surface area contributed by atoms with Gasteiger partial charge < -0.3 is 5.32 Å². The first-order valence-corrected chi connectivity index (χ1v) is 10.1. The molecule has 1 aliphatic heterocycles. The molecule has 1 unspecified atom stereocenters. The minimum Gasteiger partial charge on any atom is -0.362 e. The van der Waals surface area contributed by atoms with E-state index in [4.69, 9.17) is 0 Å². The smallest absolute Gasteiger partial charge is 0.173 e. The third-order valence-corrected chi connectivity index (χ3v) is 6.85. The number of aromatic nitrogens is 2. The Balaban J connectivity index is 1.75. The van der Waals surface area contributed by atoms with E-state index in [1.54, 1.807) is 23.7 Å². The summed E-state index contributed by atoms with van der Waals surface area (Å²) in [6.45, 7) is 0. The topological polar surface area (TPSA) is 72.0 Å². The zero-order valence-corrected chi connectivity index (χ0v) is 13.7. The number of nitrogens with zero attached hydrogens (tertiary/aromatic N) is 2. The number of thiophene rings is 1. The number of aryl methyl sites for hydroxylation is 2. The molecule has 0 aromatic carbocycles. The van der Waals surface area contributed by atoms with Crippen LogP contribution in [0.4, 0.5) is 5.82 Å². The lowest BCUT2D eigenvalue weighted by Gasteiger charge is -2.12. The van der Waals surface area contributed by atoms with Crippen LogP contribution in [0, 0.1) is 0 Å². The highest BCUT2D eigenvalue weighted by molar-refractivity contribution is 7.94.